The molecule has 0 saturated carbocycles. The lowest BCUT2D eigenvalue weighted by Crippen LogP contribution is -2.39. The van der Waals surface area contributed by atoms with Crippen LogP contribution in [0.3, 0.4) is 0 Å². The Balaban J connectivity index is 1.96. The second-order valence-corrected chi connectivity index (χ2v) is 8.22. The van der Waals surface area contributed by atoms with Crippen LogP contribution in [0, 0.1) is 0 Å². The Labute approximate surface area is 117 Å². The molecule has 2 aromatic rings. The molecule has 0 fully saturated rings. The first kappa shape index (κ1) is 13.8. The number of rotatable bonds is 4. The van der Waals surface area contributed by atoms with Crippen LogP contribution in [0.15, 0.2) is 28.6 Å². The summed E-state index contributed by atoms with van der Waals surface area (Å²) in [6.45, 7) is 9.84. The normalized spacial score (nSPS) is 14.0. The predicted molar refractivity (Wildman–Crippen MR) is 82.7 cm³/mol. The number of para-hydroxylation sites is 1. The van der Waals surface area contributed by atoms with Crippen LogP contribution in [0.25, 0.3) is 10.2 Å². The van der Waals surface area contributed by atoms with Gasteiger partial charge in [0.15, 0.2) is 4.34 Å². The van der Waals surface area contributed by atoms with E-state index in [4.69, 9.17) is 0 Å². The number of thiazole rings is 1. The summed E-state index contributed by atoms with van der Waals surface area (Å²) in [4.78, 5) is 4.65. The molecule has 2 nitrogen and oxygen atoms in total. The zero-order valence-corrected chi connectivity index (χ0v) is 13.0. The smallest absolute Gasteiger partial charge is 0.151 e. The summed E-state index contributed by atoms with van der Waals surface area (Å²) in [6, 6.07) is 8.32. The Morgan fingerprint density at radius 1 is 1.33 bits per heavy atom. The van der Waals surface area contributed by atoms with E-state index in [1.54, 1.807) is 11.3 Å². The van der Waals surface area contributed by atoms with E-state index < -0.39 is 0 Å². The van der Waals surface area contributed by atoms with Gasteiger partial charge in [0.05, 0.1) is 10.2 Å². The number of fused-ring (bicyclic) bond motifs is 1. The molecule has 1 unspecified atom stereocenters. The molecule has 2 rings (SSSR count). The van der Waals surface area contributed by atoms with Crippen LogP contribution in [-0.2, 0) is 0 Å². The molecule has 0 amide bonds. The maximum atomic E-state index is 4.65. The van der Waals surface area contributed by atoms with Gasteiger partial charge in [-0.15, -0.1) is 11.3 Å². The van der Waals surface area contributed by atoms with E-state index in [1.807, 2.05) is 17.8 Å². The van der Waals surface area contributed by atoms with Gasteiger partial charge in [0.25, 0.3) is 0 Å². The van der Waals surface area contributed by atoms with Gasteiger partial charge < -0.3 is 5.32 Å². The first-order valence-electron chi connectivity index (χ1n) is 6.21. The van der Waals surface area contributed by atoms with E-state index in [0.717, 1.165) is 12.1 Å². The van der Waals surface area contributed by atoms with Gasteiger partial charge in [-0.05, 0) is 32.9 Å². The zero-order valence-electron chi connectivity index (χ0n) is 11.4. The van der Waals surface area contributed by atoms with Gasteiger partial charge in [0, 0.05) is 17.3 Å². The highest BCUT2D eigenvalue weighted by Crippen LogP contribution is 2.31. The largest absolute Gasteiger partial charge is 0.311 e. The monoisotopic (exact) mass is 280 g/mol. The number of aromatic nitrogens is 1. The van der Waals surface area contributed by atoms with Crippen LogP contribution in [0.4, 0.5) is 0 Å². The third kappa shape index (κ3) is 3.97. The van der Waals surface area contributed by atoms with Gasteiger partial charge in [0.1, 0.15) is 0 Å². The van der Waals surface area contributed by atoms with Crippen molar-refractivity contribution in [3.63, 3.8) is 0 Å². The molecule has 0 spiro atoms. The van der Waals surface area contributed by atoms with Crippen molar-refractivity contribution >= 4 is 33.3 Å². The van der Waals surface area contributed by atoms with Crippen molar-refractivity contribution < 1.29 is 0 Å². The fourth-order valence-electron chi connectivity index (χ4n) is 1.57. The number of benzene rings is 1. The highest BCUT2D eigenvalue weighted by atomic mass is 32.2. The van der Waals surface area contributed by atoms with E-state index in [2.05, 4.69) is 56.2 Å². The van der Waals surface area contributed by atoms with Gasteiger partial charge >= 0.3 is 0 Å². The van der Waals surface area contributed by atoms with Crippen LogP contribution >= 0.6 is 23.1 Å². The van der Waals surface area contributed by atoms with Gasteiger partial charge in [0.2, 0.25) is 0 Å². The molecule has 1 aromatic carbocycles. The van der Waals surface area contributed by atoms with Crippen molar-refractivity contribution in [1.82, 2.24) is 10.3 Å². The summed E-state index contributed by atoms with van der Waals surface area (Å²) >= 11 is 3.64. The van der Waals surface area contributed by atoms with Gasteiger partial charge in [-0.1, -0.05) is 30.8 Å². The van der Waals surface area contributed by atoms with Gasteiger partial charge in [-0.2, -0.15) is 0 Å². The standard InChI is InChI=1S/C14H20N2S2/c1-10(9-15-14(2,3)4)17-13-16-11-7-5-6-8-12(11)18-13/h5-8,10,15H,9H2,1-4H3. The molecule has 1 aromatic heterocycles. The van der Waals surface area contributed by atoms with Crippen LogP contribution in [0.2, 0.25) is 0 Å². The lowest BCUT2D eigenvalue weighted by atomic mass is 10.1. The average molecular weight is 280 g/mol. The van der Waals surface area contributed by atoms with Crippen molar-refractivity contribution in [1.29, 1.82) is 0 Å². The van der Waals surface area contributed by atoms with E-state index in [1.165, 1.54) is 9.04 Å². The molecule has 0 saturated heterocycles. The maximum Gasteiger partial charge on any atom is 0.151 e. The third-order valence-electron chi connectivity index (χ3n) is 2.50. The van der Waals surface area contributed by atoms with Crippen LogP contribution in [-0.4, -0.2) is 22.3 Å². The van der Waals surface area contributed by atoms with Gasteiger partial charge in [-0.25, -0.2) is 4.98 Å². The molecule has 1 atom stereocenters. The highest BCUT2D eigenvalue weighted by Gasteiger charge is 2.13. The second kappa shape index (κ2) is 5.59. The quantitative estimate of drug-likeness (QED) is 0.851. The van der Waals surface area contributed by atoms with Gasteiger partial charge in [-0.3, -0.25) is 0 Å². The molecule has 18 heavy (non-hydrogen) atoms. The van der Waals surface area contributed by atoms with E-state index >= 15 is 0 Å². The topological polar surface area (TPSA) is 24.9 Å². The SMILES string of the molecule is CC(CNC(C)(C)C)Sc1nc2ccccc2s1. The van der Waals surface area contributed by atoms with E-state index in [9.17, 15) is 0 Å². The second-order valence-electron chi connectivity index (χ2n) is 5.51. The Morgan fingerprint density at radius 2 is 2.06 bits per heavy atom. The lowest BCUT2D eigenvalue weighted by molar-refractivity contribution is 0.429. The molecule has 0 aliphatic heterocycles. The Bertz CT molecular complexity index is 481. The van der Waals surface area contributed by atoms with Crippen LogP contribution in [0.5, 0.6) is 0 Å². The van der Waals surface area contributed by atoms with E-state index in [0.29, 0.717) is 5.25 Å². The Hall–Kier alpha value is -0.580. The minimum Gasteiger partial charge on any atom is -0.311 e. The number of nitrogens with zero attached hydrogens (tertiary/aromatic N) is 1. The third-order valence-corrected chi connectivity index (χ3v) is 4.73. The lowest BCUT2D eigenvalue weighted by Gasteiger charge is -2.22. The van der Waals surface area contributed by atoms with Crippen LogP contribution < -0.4 is 5.32 Å². The molecule has 1 heterocycles. The van der Waals surface area contributed by atoms with Crippen molar-refractivity contribution in [2.75, 3.05) is 6.54 Å². The molecular weight excluding hydrogens is 260 g/mol. The predicted octanol–water partition coefficient (Wildman–Crippen LogP) is 4.17. The Morgan fingerprint density at radius 3 is 2.72 bits per heavy atom. The van der Waals surface area contributed by atoms with Crippen molar-refractivity contribution in [2.24, 2.45) is 0 Å². The fourth-order valence-corrected chi connectivity index (χ4v) is 3.88. The van der Waals surface area contributed by atoms with Crippen molar-refractivity contribution in [3.8, 4) is 0 Å². The summed E-state index contributed by atoms with van der Waals surface area (Å²) in [5.74, 6) is 0. The number of hydrogen-bond donors (Lipinski definition) is 1. The first-order valence-corrected chi connectivity index (χ1v) is 7.91. The summed E-state index contributed by atoms with van der Waals surface area (Å²) in [7, 11) is 0. The number of nitrogens with one attached hydrogen (secondary N) is 1. The van der Waals surface area contributed by atoms with E-state index in [-0.39, 0.29) is 5.54 Å². The van der Waals surface area contributed by atoms with Crippen LogP contribution in [0.1, 0.15) is 27.7 Å². The number of hydrogen-bond acceptors (Lipinski definition) is 4. The average Bonchev–Trinajstić information content (AvgIpc) is 2.67. The molecular formula is C14H20N2S2. The summed E-state index contributed by atoms with van der Waals surface area (Å²) in [6.07, 6.45) is 0. The summed E-state index contributed by atoms with van der Waals surface area (Å²) in [5, 5.41) is 4.06. The maximum absolute atomic E-state index is 4.65. The highest BCUT2D eigenvalue weighted by molar-refractivity contribution is 8.01. The molecule has 1 N–H and O–H groups in total. The molecule has 98 valence electrons. The molecule has 0 aliphatic carbocycles. The Kier molecular flexibility index (Phi) is 4.30. The molecule has 0 bridgehead atoms. The fraction of sp³-hybridized carbons (Fsp3) is 0.500. The minimum absolute atomic E-state index is 0.183. The van der Waals surface area contributed by atoms with Crippen molar-refractivity contribution in [3.05, 3.63) is 24.3 Å². The summed E-state index contributed by atoms with van der Waals surface area (Å²) < 4.78 is 2.44. The molecule has 0 radical (unpaired) electrons. The number of thioether (sulfide) groups is 1. The minimum atomic E-state index is 0.183. The molecule has 4 heteroatoms. The zero-order chi connectivity index (χ0) is 13.2. The van der Waals surface area contributed by atoms with Crippen molar-refractivity contribution in [2.45, 2.75) is 42.8 Å². The summed E-state index contributed by atoms with van der Waals surface area (Å²) in [5.41, 5.74) is 1.29. The first-order chi connectivity index (χ1) is 8.44. The molecule has 0 aliphatic rings.